The van der Waals surface area contributed by atoms with Crippen molar-refractivity contribution in [2.45, 2.75) is 19.5 Å². The molecule has 0 unspecified atom stereocenters. The summed E-state index contributed by atoms with van der Waals surface area (Å²) in [5, 5.41) is 0. The Bertz CT molecular complexity index is 833. The predicted octanol–water partition coefficient (Wildman–Crippen LogP) is 3.48. The van der Waals surface area contributed by atoms with Crippen LogP contribution in [0.1, 0.15) is 22.3 Å². The number of rotatable bonds is 5. The summed E-state index contributed by atoms with van der Waals surface area (Å²) >= 11 is 0. The quantitative estimate of drug-likeness (QED) is 0.807. The van der Waals surface area contributed by atoms with E-state index in [9.17, 15) is 13.6 Å². The van der Waals surface area contributed by atoms with E-state index in [1.54, 1.807) is 17.0 Å². The molecule has 0 spiro atoms. The second kappa shape index (κ2) is 7.69. The van der Waals surface area contributed by atoms with Gasteiger partial charge >= 0.3 is 6.61 Å². The smallest absolute Gasteiger partial charge is 0.387 e. The lowest BCUT2D eigenvalue weighted by Crippen LogP contribution is -2.35. The molecule has 144 valence electrons. The van der Waals surface area contributed by atoms with Crippen LogP contribution in [0.2, 0.25) is 0 Å². The maximum absolute atomic E-state index is 13.1. The highest BCUT2D eigenvalue weighted by molar-refractivity contribution is 6.07. The van der Waals surface area contributed by atoms with Crippen molar-refractivity contribution in [2.24, 2.45) is 0 Å². The summed E-state index contributed by atoms with van der Waals surface area (Å²) in [5.41, 5.74) is 8.58. The van der Waals surface area contributed by atoms with Gasteiger partial charge in [0.05, 0.1) is 14.2 Å². The molecule has 8 heteroatoms. The molecule has 0 bridgehead atoms. The van der Waals surface area contributed by atoms with Crippen molar-refractivity contribution in [2.75, 3.05) is 31.4 Å². The zero-order valence-corrected chi connectivity index (χ0v) is 15.0. The fourth-order valence-corrected chi connectivity index (χ4v) is 3.23. The van der Waals surface area contributed by atoms with Gasteiger partial charge in [-0.2, -0.15) is 8.78 Å². The van der Waals surface area contributed by atoms with Gasteiger partial charge in [-0.1, -0.05) is 6.07 Å². The molecule has 1 aliphatic rings. The highest BCUT2D eigenvalue weighted by Gasteiger charge is 2.27. The molecule has 1 aliphatic heterocycles. The molecule has 0 atom stereocenters. The van der Waals surface area contributed by atoms with Gasteiger partial charge in [-0.05, 0) is 42.7 Å². The molecule has 0 radical (unpaired) electrons. The number of benzene rings is 2. The van der Waals surface area contributed by atoms with Crippen molar-refractivity contribution in [3.05, 3.63) is 41.5 Å². The lowest BCUT2D eigenvalue weighted by atomic mass is 9.99. The normalized spacial score (nSPS) is 13.3. The van der Waals surface area contributed by atoms with E-state index in [1.807, 2.05) is 6.07 Å². The maximum Gasteiger partial charge on any atom is 0.387 e. The van der Waals surface area contributed by atoms with E-state index >= 15 is 0 Å². The number of fused-ring (bicyclic) bond motifs is 1. The van der Waals surface area contributed by atoms with Gasteiger partial charge in [-0.3, -0.25) is 4.79 Å². The van der Waals surface area contributed by atoms with Gasteiger partial charge in [0, 0.05) is 23.5 Å². The zero-order valence-electron chi connectivity index (χ0n) is 15.0. The number of alkyl halides is 2. The first kappa shape index (κ1) is 18.8. The Labute approximate surface area is 155 Å². The van der Waals surface area contributed by atoms with Gasteiger partial charge < -0.3 is 24.8 Å². The number of anilines is 2. The first-order chi connectivity index (χ1) is 13.0. The summed E-state index contributed by atoms with van der Waals surface area (Å²) in [6, 6.07) is 8.16. The molecule has 0 saturated heterocycles. The van der Waals surface area contributed by atoms with E-state index in [-0.39, 0.29) is 28.7 Å². The summed E-state index contributed by atoms with van der Waals surface area (Å²) in [5.74, 6) is -0.581. The number of halogens is 2. The van der Waals surface area contributed by atoms with Crippen LogP contribution in [0.15, 0.2) is 30.3 Å². The van der Waals surface area contributed by atoms with Gasteiger partial charge in [-0.25, -0.2) is 0 Å². The molecule has 2 aromatic carbocycles. The molecular weight excluding hydrogens is 358 g/mol. The van der Waals surface area contributed by atoms with Crippen LogP contribution in [0.5, 0.6) is 17.2 Å². The predicted molar refractivity (Wildman–Crippen MR) is 97.0 cm³/mol. The molecule has 3 rings (SSSR count). The minimum atomic E-state index is -3.05. The second-order valence-corrected chi connectivity index (χ2v) is 5.99. The van der Waals surface area contributed by atoms with Crippen molar-refractivity contribution >= 4 is 17.3 Å². The lowest BCUT2D eigenvalue weighted by molar-refractivity contribution is -0.0526. The molecule has 0 aliphatic carbocycles. The molecular formula is C19H20F2N2O4. The standard InChI is InChI=1S/C19H20F2N2O4/c1-25-15-9-11(10-16(26-2)17(15)27-19(20)21)18(24)23-8-4-5-12-13(22)6-3-7-14(12)23/h3,6-7,9-10,19H,4-5,8,22H2,1-2H3. The van der Waals surface area contributed by atoms with E-state index < -0.39 is 6.61 Å². The monoisotopic (exact) mass is 378 g/mol. The summed E-state index contributed by atoms with van der Waals surface area (Å²) in [6.45, 7) is -2.53. The van der Waals surface area contributed by atoms with Crippen LogP contribution in [-0.4, -0.2) is 33.3 Å². The van der Waals surface area contributed by atoms with Crippen molar-refractivity contribution in [1.29, 1.82) is 0 Å². The number of nitrogens with two attached hydrogens (primary N) is 1. The SMILES string of the molecule is COc1cc(C(=O)N2CCCc3c(N)cccc32)cc(OC)c1OC(F)F. The minimum Gasteiger partial charge on any atom is -0.493 e. The number of nitrogen functional groups attached to an aromatic ring is 1. The molecule has 1 amide bonds. The van der Waals surface area contributed by atoms with Crippen LogP contribution in [0.4, 0.5) is 20.2 Å². The summed E-state index contributed by atoms with van der Waals surface area (Å²) < 4.78 is 40.1. The van der Waals surface area contributed by atoms with Gasteiger partial charge in [0.2, 0.25) is 5.75 Å². The summed E-state index contributed by atoms with van der Waals surface area (Å²) in [7, 11) is 2.61. The van der Waals surface area contributed by atoms with Gasteiger partial charge in [0.15, 0.2) is 11.5 Å². The number of amides is 1. The topological polar surface area (TPSA) is 74.0 Å². The van der Waals surface area contributed by atoms with Gasteiger partial charge in [0.25, 0.3) is 5.91 Å². The average molecular weight is 378 g/mol. The number of hydrogen-bond donors (Lipinski definition) is 1. The molecule has 0 aromatic heterocycles. The maximum atomic E-state index is 13.1. The van der Waals surface area contributed by atoms with Crippen molar-refractivity contribution < 1.29 is 27.8 Å². The van der Waals surface area contributed by atoms with Gasteiger partial charge in [0.1, 0.15) is 0 Å². The molecule has 6 nitrogen and oxygen atoms in total. The molecule has 2 N–H and O–H groups in total. The Kier molecular flexibility index (Phi) is 5.34. The first-order valence-corrected chi connectivity index (χ1v) is 8.36. The van der Waals surface area contributed by atoms with Crippen molar-refractivity contribution in [3.8, 4) is 17.2 Å². The van der Waals surface area contributed by atoms with E-state index in [0.717, 1.165) is 24.1 Å². The molecule has 0 fully saturated rings. The number of nitrogens with zero attached hydrogens (tertiary/aromatic N) is 1. The Balaban J connectivity index is 2.02. The molecule has 0 saturated carbocycles. The van der Waals surface area contributed by atoms with Crippen LogP contribution in [0, 0.1) is 0 Å². The van der Waals surface area contributed by atoms with E-state index in [4.69, 9.17) is 15.2 Å². The van der Waals surface area contributed by atoms with E-state index in [0.29, 0.717) is 12.2 Å². The average Bonchev–Trinajstić information content (AvgIpc) is 2.67. The molecule has 1 heterocycles. The fraction of sp³-hybridized carbons (Fsp3) is 0.316. The van der Waals surface area contributed by atoms with Crippen molar-refractivity contribution in [1.82, 2.24) is 0 Å². The van der Waals surface area contributed by atoms with Crippen LogP contribution in [-0.2, 0) is 6.42 Å². The Hall–Kier alpha value is -3.03. The van der Waals surface area contributed by atoms with Crippen LogP contribution < -0.4 is 24.8 Å². The number of methoxy groups -OCH3 is 2. The lowest BCUT2D eigenvalue weighted by Gasteiger charge is -2.30. The third-order valence-electron chi connectivity index (χ3n) is 4.45. The zero-order chi connectivity index (χ0) is 19.6. The minimum absolute atomic E-state index is 0.0113. The Morgan fingerprint density at radius 2 is 1.85 bits per heavy atom. The van der Waals surface area contributed by atoms with Crippen LogP contribution in [0.3, 0.4) is 0 Å². The highest BCUT2D eigenvalue weighted by Crippen LogP contribution is 2.40. The molecule has 2 aromatic rings. The Morgan fingerprint density at radius 3 is 2.44 bits per heavy atom. The van der Waals surface area contributed by atoms with Crippen LogP contribution >= 0.6 is 0 Å². The van der Waals surface area contributed by atoms with Crippen LogP contribution in [0.25, 0.3) is 0 Å². The second-order valence-electron chi connectivity index (χ2n) is 5.99. The Morgan fingerprint density at radius 1 is 1.19 bits per heavy atom. The largest absolute Gasteiger partial charge is 0.493 e. The highest BCUT2D eigenvalue weighted by atomic mass is 19.3. The molecule has 27 heavy (non-hydrogen) atoms. The van der Waals surface area contributed by atoms with E-state index in [1.165, 1.54) is 26.4 Å². The summed E-state index contributed by atoms with van der Waals surface area (Å²) in [4.78, 5) is 14.8. The third-order valence-corrected chi connectivity index (χ3v) is 4.45. The first-order valence-electron chi connectivity index (χ1n) is 8.36. The fourth-order valence-electron chi connectivity index (χ4n) is 3.23. The number of carbonyl (C=O) groups is 1. The van der Waals surface area contributed by atoms with Gasteiger partial charge in [-0.15, -0.1) is 0 Å². The number of ether oxygens (including phenoxy) is 3. The van der Waals surface area contributed by atoms with E-state index in [2.05, 4.69) is 4.74 Å². The summed E-state index contributed by atoms with van der Waals surface area (Å²) in [6.07, 6.45) is 1.56. The van der Waals surface area contributed by atoms with Crippen molar-refractivity contribution in [3.63, 3.8) is 0 Å². The third kappa shape index (κ3) is 3.60. The number of hydrogen-bond acceptors (Lipinski definition) is 5. The number of carbonyl (C=O) groups excluding carboxylic acids is 1.